The van der Waals surface area contributed by atoms with Crippen LogP contribution in [0.1, 0.15) is 29.8 Å². The SMILES string of the molecule is Cc1nn(-c2ccc(Cl)cc2)c(C)c1CNC1CCCN(c2cccnn2)C1. The number of rotatable bonds is 5. The number of aryl methyl sites for hydroxylation is 1. The molecule has 1 fully saturated rings. The van der Waals surface area contributed by atoms with Crippen LogP contribution in [0.5, 0.6) is 0 Å². The topological polar surface area (TPSA) is 58.9 Å². The van der Waals surface area contributed by atoms with Crippen LogP contribution in [0.3, 0.4) is 0 Å². The van der Waals surface area contributed by atoms with E-state index in [9.17, 15) is 0 Å². The van der Waals surface area contributed by atoms with E-state index >= 15 is 0 Å². The Kier molecular flexibility index (Phi) is 5.59. The molecule has 2 aromatic heterocycles. The Bertz CT molecular complexity index is 922. The number of piperidine rings is 1. The van der Waals surface area contributed by atoms with Crippen molar-refractivity contribution in [3.8, 4) is 5.69 Å². The maximum Gasteiger partial charge on any atom is 0.151 e. The summed E-state index contributed by atoms with van der Waals surface area (Å²) in [5, 5.41) is 17.5. The standard InChI is InChI=1S/C21H25ClN6/c1-15-20(16(2)28(26-15)19-9-7-17(22)8-10-19)13-23-18-5-4-12-27(14-18)21-6-3-11-24-25-21/h3,6-11,18,23H,4-5,12-14H2,1-2H3. The molecular weight excluding hydrogens is 372 g/mol. The fourth-order valence-electron chi connectivity index (χ4n) is 3.82. The molecule has 1 aromatic carbocycles. The van der Waals surface area contributed by atoms with Gasteiger partial charge in [-0.3, -0.25) is 0 Å². The lowest BCUT2D eigenvalue weighted by atomic mass is 10.0. The van der Waals surface area contributed by atoms with Crippen LogP contribution in [0.25, 0.3) is 5.69 Å². The molecule has 1 aliphatic heterocycles. The van der Waals surface area contributed by atoms with Crippen LogP contribution in [0.15, 0.2) is 42.6 Å². The molecule has 1 unspecified atom stereocenters. The molecule has 6 nitrogen and oxygen atoms in total. The van der Waals surface area contributed by atoms with Crippen LogP contribution in [-0.4, -0.2) is 39.1 Å². The lowest BCUT2D eigenvalue weighted by Gasteiger charge is -2.33. The number of nitrogens with zero attached hydrogens (tertiary/aromatic N) is 5. The third-order valence-corrected chi connectivity index (χ3v) is 5.64. The van der Waals surface area contributed by atoms with Gasteiger partial charge >= 0.3 is 0 Å². The maximum atomic E-state index is 6.02. The Morgan fingerprint density at radius 3 is 2.75 bits per heavy atom. The van der Waals surface area contributed by atoms with Gasteiger partial charge in [0.1, 0.15) is 0 Å². The zero-order valence-electron chi connectivity index (χ0n) is 16.3. The number of aromatic nitrogens is 4. The summed E-state index contributed by atoms with van der Waals surface area (Å²) in [4.78, 5) is 2.31. The van der Waals surface area contributed by atoms with Crippen LogP contribution in [-0.2, 0) is 6.54 Å². The number of hydrogen-bond donors (Lipinski definition) is 1. The van der Waals surface area contributed by atoms with Gasteiger partial charge in [0.05, 0.1) is 11.4 Å². The molecule has 7 heteroatoms. The molecule has 0 radical (unpaired) electrons. The second kappa shape index (κ2) is 8.29. The molecule has 1 saturated heterocycles. The lowest BCUT2D eigenvalue weighted by molar-refractivity contribution is 0.419. The normalized spacial score (nSPS) is 17.1. The van der Waals surface area contributed by atoms with Crippen molar-refractivity contribution < 1.29 is 0 Å². The minimum atomic E-state index is 0.424. The molecule has 1 N–H and O–H groups in total. The van der Waals surface area contributed by atoms with Crippen molar-refractivity contribution in [1.82, 2.24) is 25.3 Å². The fraction of sp³-hybridized carbons (Fsp3) is 0.381. The first-order valence-corrected chi connectivity index (χ1v) is 10.1. The smallest absolute Gasteiger partial charge is 0.151 e. The first-order valence-electron chi connectivity index (χ1n) is 9.69. The Morgan fingerprint density at radius 2 is 2.00 bits per heavy atom. The van der Waals surface area contributed by atoms with Crippen LogP contribution in [0.4, 0.5) is 5.82 Å². The number of anilines is 1. The van der Waals surface area contributed by atoms with E-state index < -0.39 is 0 Å². The van der Waals surface area contributed by atoms with Gasteiger partial charge in [-0.15, -0.1) is 5.10 Å². The van der Waals surface area contributed by atoms with Gasteiger partial charge in [0, 0.05) is 48.2 Å². The van der Waals surface area contributed by atoms with Crippen molar-refractivity contribution in [2.75, 3.05) is 18.0 Å². The molecule has 3 heterocycles. The van der Waals surface area contributed by atoms with Gasteiger partial charge < -0.3 is 10.2 Å². The third-order valence-electron chi connectivity index (χ3n) is 5.38. The zero-order chi connectivity index (χ0) is 19.5. The van der Waals surface area contributed by atoms with Gasteiger partial charge in [-0.2, -0.15) is 10.2 Å². The Hall–Kier alpha value is -2.44. The minimum Gasteiger partial charge on any atom is -0.354 e. The molecule has 0 aliphatic carbocycles. The van der Waals surface area contributed by atoms with Crippen molar-refractivity contribution in [3.63, 3.8) is 0 Å². The Morgan fingerprint density at radius 1 is 1.18 bits per heavy atom. The summed E-state index contributed by atoms with van der Waals surface area (Å²) in [6.07, 6.45) is 4.03. The number of halogens is 1. The number of hydrogen-bond acceptors (Lipinski definition) is 5. The molecule has 28 heavy (non-hydrogen) atoms. The van der Waals surface area contributed by atoms with E-state index in [1.54, 1.807) is 6.20 Å². The van der Waals surface area contributed by atoms with Crippen molar-refractivity contribution in [3.05, 3.63) is 64.6 Å². The average Bonchev–Trinajstić information content (AvgIpc) is 3.01. The van der Waals surface area contributed by atoms with E-state index in [4.69, 9.17) is 16.7 Å². The van der Waals surface area contributed by atoms with E-state index in [2.05, 4.69) is 34.3 Å². The predicted molar refractivity (Wildman–Crippen MR) is 112 cm³/mol. The largest absolute Gasteiger partial charge is 0.354 e. The molecule has 0 saturated carbocycles. The Labute approximate surface area is 170 Å². The molecule has 0 spiro atoms. The fourth-order valence-corrected chi connectivity index (χ4v) is 3.95. The van der Waals surface area contributed by atoms with E-state index in [1.807, 2.05) is 41.1 Å². The highest BCUT2D eigenvalue weighted by atomic mass is 35.5. The second-order valence-electron chi connectivity index (χ2n) is 7.29. The summed E-state index contributed by atoms with van der Waals surface area (Å²) in [6.45, 7) is 6.98. The van der Waals surface area contributed by atoms with Crippen LogP contribution < -0.4 is 10.2 Å². The van der Waals surface area contributed by atoms with Gasteiger partial charge in [0.15, 0.2) is 5.82 Å². The van der Waals surface area contributed by atoms with Crippen LogP contribution >= 0.6 is 11.6 Å². The highest BCUT2D eigenvalue weighted by Crippen LogP contribution is 2.21. The van der Waals surface area contributed by atoms with Crippen molar-refractivity contribution >= 4 is 17.4 Å². The second-order valence-corrected chi connectivity index (χ2v) is 7.72. The molecular formula is C21H25ClN6. The molecule has 1 aliphatic rings. The quantitative estimate of drug-likeness (QED) is 0.712. The summed E-state index contributed by atoms with van der Waals surface area (Å²) in [6, 6.07) is 12.2. The molecule has 146 valence electrons. The Balaban J connectivity index is 1.44. The van der Waals surface area contributed by atoms with Crippen molar-refractivity contribution in [2.24, 2.45) is 0 Å². The summed E-state index contributed by atoms with van der Waals surface area (Å²) in [5.41, 5.74) is 4.50. The summed E-state index contributed by atoms with van der Waals surface area (Å²) >= 11 is 6.02. The molecule has 0 bridgehead atoms. The van der Waals surface area contributed by atoms with Crippen LogP contribution in [0.2, 0.25) is 5.02 Å². The van der Waals surface area contributed by atoms with Gasteiger partial charge in [0.2, 0.25) is 0 Å². The maximum absolute atomic E-state index is 6.02. The van der Waals surface area contributed by atoms with E-state index in [-0.39, 0.29) is 0 Å². The van der Waals surface area contributed by atoms with E-state index in [1.165, 1.54) is 12.0 Å². The first-order chi connectivity index (χ1) is 13.6. The van der Waals surface area contributed by atoms with Crippen molar-refractivity contribution in [1.29, 1.82) is 0 Å². The summed E-state index contributed by atoms with van der Waals surface area (Å²) in [7, 11) is 0. The molecule has 4 rings (SSSR count). The summed E-state index contributed by atoms with van der Waals surface area (Å²) in [5.74, 6) is 0.955. The molecule has 0 amide bonds. The van der Waals surface area contributed by atoms with Gasteiger partial charge in [-0.05, 0) is 63.1 Å². The van der Waals surface area contributed by atoms with Gasteiger partial charge in [-0.1, -0.05) is 11.6 Å². The van der Waals surface area contributed by atoms with Crippen LogP contribution in [0, 0.1) is 13.8 Å². The molecule has 3 aromatic rings. The number of benzene rings is 1. The number of nitrogens with one attached hydrogen (secondary N) is 1. The van der Waals surface area contributed by atoms with Gasteiger partial charge in [-0.25, -0.2) is 4.68 Å². The minimum absolute atomic E-state index is 0.424. The average molecular weight is 397 g/mol. The van der Waals surface area contributed by atoms with Gasteiger partial charge in [0.25, 0.3) is 0 Å². The van der Waals surface area contributed by atoms with Crippen molar-refractivity contribution in [2.45, 2.75) is 39.3 Å². The monoisotopic (exact) mass is 396 g/mol. The van der Waals surface area contributed by atoms with E-state index in [0.717, 1.165) is 54.0 Å². The third kappa shape index (κ3) is 4.03. The highest BCUT2D eigenvalue weighted by molar-refractivity contribution is 6.30. The van der Waals surface area contributed by atoms with E-state index in [0.29, 0.717) is 6.04 Å². The molecule has 1 atom stereocenters. The first kappa shape index (κ1) is 18.9. The highest BCUT2D eigenvalue weighted by Gasteiger charge is 2.22. The lowest BCUT2D eigenvalue weighted by Crippen LogP contribution is -2.45. The summed E-state index contributed by atoms with van der Waals surface area (Å²) < 4.78 is 2.00. The zero-order valence-corrected chi connectivity index (χ0v) is 17.0. The predicted octanol–water partition coefficient (Wildman–Crippen LogP) is 3.69.